The molecule has 1 aromatic rings. The third kappa shape index (κ3) is 5.58. The standard InChI is InChI=1S/C14H21F3N2O2S/c1-13(2,10-19(3)4)9-18-22(20,21)12-7-5-11(6-8-12)14(15,16)17/h5-8,18H,9-10H2,1-4H3. The second-order valence-corrected chi connectivity index (χ2v) is 8.02. The Morgan fingerprint density at radius 1 is 1.09 bits per heavy atom. The van der Waals surface area contributed by atoms with Gasteiger partial charge in [-0.25, -0.2) is 13.1 Å². The summed E-state index contributed by atoms with van der Waals surface area (Å²) < 4.78 is 64.1. The molecule has 4 nitrogen and oxygen atoms in total. The zero-order valence-electron chi connectivity index (χ0n) is 13.0. The Bertz CT molecular complexity index is 594. The molecule has 0 unspecified atom stereocenters. The Morgan fingerprint density at radius 2 is 1.59 bits per heavy atom. The van der Waals surface area contributed by atoms with Crippen LogP contribution in [0.15, 0.2) is 29.2 Å². The number of hydrogen-bond acceptors (Lipinski definition) is 3. The molecule has 1 aromatic carbocycles. The molecule has 0 spiro atoms. The van der Waals surface area contributed by atoms with Gasteiger partial charge in [-0.1, -0.05) is 13.8 Å². The summed E-state index contributed by atoms with van der Waals surface area (Å²) >= 11 is 0. The number of alkyl halides is 3. The maximum Gasteiger partial charge on any atom is 0.416 e. The van der Waals surface area contributed by atoms with Crippen LogP contribution >= 0.6 is 0 Å². The van der Waals surface area contributed by atoms with Gasteiger partial charge in [0, 0.05) is 13.1 Å². The average Bonchev–Trinajstić information content (AvgIpc) is 2.34. The van der Waals surface area contributed by atoms with Gasteiger partial charge >= 0.3 is 6.18 Å². The highest BCUT2D eigenvalue weighted by Crippen LogP contribution is 2.29. The van der Waals surface area contributed by atoms with E-state index in [9.17, 15) is 21.6 Å². The minimum Gasteiger partial charge on any atom is -0.309 e. The molecular formula is C14H21F3N2O2S. The van der Waals surface area contributed by atoms with Gasteiger partial charge in [0.1, 0.15) is 0 Å². The van der Waals surface area contributed by atoms with E-state index in [2.05, 4.69) is 4.72 Å². The van der Waals surface area contributed by atoms with E-state index in [-0.39, 0.29) is 16.9 Å². The van der Waals surface area contributed by atoms with Gasteiger partial charge in [-0.05, 0) is 43.8 Å². The fourth-order valence-corrected chi connectivity index (χ4v) is 3.35. The Labute approximate surface area is 129 Å². The third-order valence-corrected chi connectivity index (χ3v) is 4.39. The van der Waals surface area contributed by atoms with Crippen LogP contribution in [-0.2, 0) is 16.2 Å². The molecule has 0 atom stereocenters. The number of nitrogens with one attached hydrogen (secondary N) is 1. The molecule has 0 aliphatic heterocycles. The van der Waals surface area contributed by atoms with Crippen molar-refractivity contribution in [2.75, 3.05) is 27.2 Å². The number of hydrogen-bond donors (Lipinski definition) is 1. The molecule has 126 valence electrons. The van der Waals surface area contributed by atoms with E-state index >= 15 is 0 Å². The van der Waals surface area contributed by atoms with E-state index in [4.69, 9.17) is 0 Å². The van der Waals surface area contributed by atoms with Crippen LogP contribution in [0, 0.1) is 5.41 Å². The summed E-state index contributed by atoms with van der Waals surface area (Å²) in [6.45, 7) is 4.67. The Kier molecular flexibility index (Phi) is 5.64. The quantitative estimate of drug-likeness (QED) is 0.867. The molecule has 0 saturated heterocycles. The maximum absolute atomic E-state index is 12.5. The predicted molar refractivity (Wildman–Crippen MR) is 79.0 cm³/mol. The number of rotatable bonds is 6. The summed E-state index contributed by atoms with van der Waals surface area (Å²) in [6, 6.07) is 3.45. The van der Waals surface area contributed by atoms with Gasteiger partial charge in [-0.2, -0.15) is 13.2 Å². The lowest BCUT2D eigenvalue weighted by atomic mass is 9.93. The van der Waals surface area contributed by atoms with Crippen LogP contribution in [0.2, 0.25) is 0 Å². The smallest absolute Gasteiger partial charge is 0.309 e. The summed E-state index contributed by atoms with van der Waals surface area (Å²) in [6.07, 6.45) is -4.48. The predicted octanol–water partition coefficient (Wildman–Crippen LogP) is 2.57. The molecule has 0 heterocycles. The third-order valence-electron chi connectivity index (χ3n) is 2.98. The number of halogens is 3. The van der Waals surface area contributed by atoms with Gasteiger partial charge in [0.25, 0.3) is 0 Å². The lowest BCUT2D eigenvalue weighted by Gasteiger charge is -2.28. The number of sulfonamides is 1. The van der Waals surface area contributed by atoms with Crippen molar-refractivity contribution in [1.29, 1.82) is 0 Å². The SMILES string of the molecule is CN(C)CC(C)(C)CNS(=O)(=O)c1ccc(C(F)(F)F)cc1. The summed E-state index contributed by atoms with van der Waals surface area (Å²) in [4.78, 5) is 1.76. The molecule has 8 heteroatoms. The van der Waals surface area contributed by atoms with E-state index in [0.717, 1.165) is 24.3 Å². The summed E-state index contributed by atoms with van der Waals surface area (Å²) in [5, 5.41) is 0. The summed E-state index contributed by atoms with van der Waals surface area (Å²) in [7, 11) is -0.0653. The second-order valence-electron chi connectivity index (χ2n) is 6.25. The molecule has 1 rings (SSSR count). The van der Waals surface area contributed by atoms with Crippen molar-refractivity contribution in [3.05, 3.63) is 29.8 Å². The molecule has 0 saturated carbocycles. The van der Waals surface area contributed by atoms with Crippen LogP contribution in [0.3, 0.4) is 0 Å². The molecular weight excluding hydrogens is 317 g/mol. The van der Waals surface area contributed by atoms with Crippen molar-refractivity contribution in [3.8, 4) is 0 Å². The first kappa shape index (κ1) is 18.9. The normalized spacial score (nSPS) is 13.6. The fourth-order valence-electron chi connectivity index (χ4n) is 2.11. The second kappa shape index (κ2) is 6.55. The highest BCUT2D eigenvalue weighted by atomic mass is 32.2. The largest absolute Gasteiger partial charge is 0.416 e. The van der Waals surface area contributed by atoms with Crippen molar-refractivity contribution >= 4 is 10.0 Å². The molecule has 0 amide bonds. The lowest BCUT2D eigenvalue weighted by Crippen LogP contribution is -2.39. The van der Waals surface area contributed by atoms with Crippen LogP contribution in [-0.4, -0.2) is 40.5 Å². The molecule has 0 aliphatic carbocycles. The Hall–Kier alpha value is -1.12. The highest BCUT2D eigenvalue weighted by molar-refractivity contribution is 7.89. The maximum atomic E-state index is 12.5. The molecule has 0 bridgehead atoms. The first-order chi connectivity index (χ1) is 9.83. The summed E-state index contributed by atoms with van der Waals surface area (Å²) in [5.41, 5.74) is -1.18. The zero-order chi connectivity index (χ0) is 17.2. The van der Waals surface area contributed by atoms with Crippen molar-refractivity contribution in [2.24, 2.45) is 5.41 Å². The topological polar surface area (TPSA) is 49.4 Å². The van der Waals surface area contributed by atoms with Gasteiger partial charge in [-0.15, -0.1) is 0 Å². The Balaban J connectivity index is 2.83. The van der Waals surface area contributed by atoms with E-state index in [1.807, 2.05) is 32.8 Å². The minimum absolute atomic E-state index is 0.179. The lowest BCUT2D eigenvalue weighted by molar-refractivity contribution is -0.137. The zero-order valence-corrected chi connectivity index (χ0v) is 13.8. The van der Waals surface area contributed by atoms with Gasteiger partial charge < -0.3 is 4.90 Å². The molecule has 0 aliphatic rings. The number of benzene rings is 1. The van der Waals surface area contributed by atoms with E-state index in [1.165, 1.54) is 0 Å². The molecule has 0 radical (unpaired) electrons. The Morgan fingerprint density at radius 3 is 2.00 bits per heavy atom. The first-order valence-electron chi connectivity index (χ1n) is 6.65. The van der Waals surface area contributed by atoms with Crippen molar-refractivity contribution < 1.29 is 21.6 Å². The van der Waals surface area contributed by atoms with Crippen LogP contribution in [0.5, 0.6) is 0 Å². The van der Waals surface area contributed by atoms with E-state index in [1.54, 1.807) is 0 Å². The van der Waals surface area contributed by atoms with Crippen LogP contribution in [0.1, 0.15) is 19.4 Å². The van der Waals surface area contributed by atoms with Crippen molar-refractivity contribution in [2.45, 2.75) is 24.9 Å². The molecule has 0 aromatic heterocycles. The highest BCUT2D eigenvalue weighted by Gasteiger charge is 2.31. The minimum atomic E-state index is -4.48. The van der Waals surface area contributed by atoms with E-state index < -0.39 is 21.8 Å². The van der Waals surface area contributed by atoms with Gasteiger partial charge in [0.15, 0.2) is 0 Å². The van der Waals surface area contributed by atoms with Gasteiger partial charge in [0.05, 0.1) is 10.5 Å². The molecule has 0 fully saturated rings. The first-order valence-corrected chi connectivity index (χ1v) is 8.13. The van der Waals surface area contributed by atoms with Crippen molar-refractivity contribution in [3.63, 3.8) is 0 Å². The average molecular weight is 338 g/mol. The van der Waals surface area contributed by atoms with Gasteiger partial charge in [-0.3, -0.25) is 0 Å². The molecule has 1 N–H and O–H groups in total. The number of nitrogens with zero attached hydrogens (tertiary/aromatic N) is 1. The van der Waals surface area contributed by atoms with Gasteiger partial charge in [0.2, 0.25) is 10.0 Å². The molecule has 22 heavy (non-hydrogen) atoms. The fraction of sp³-hybridized carbons (Fsp3) is 0.571. The van der Waals surface area contributed by atoms with Crippen LogP contribution in [0.4, 0.5) is 13.2 Å². The van der Waals surface area contributed by atoms with E-state index in [0.29, 0.717) is 6.54 Å². The van der Waals surface area contributed by atoms with Crippen molar-refractivity contribution in [1.82, 2.24) is 9.62 Å². The van der Waals surface area contributed by atoms with Crippen LogP contribution < -0.4 is 4.72 Å². The summed E-state index contributed by atoms with van der Waals surface area (Å²) in [5.74, 6) is 0. The van der Waals surface area contributed by atoms with Crippen LogP contribution in [0.25, 0.3) is 0 Å². The monoisotopic (exact) mass is 338 g/mol.